The minimum Gasteiger partial charge on any atom is -0.369 e. The largest absolute Gasteiger partial charge is 0.369 e. The molecule has 1 aromatic rings. The molecule has 2 amide bonds. The van der Waals surface area contributed by atoms with E-state index < -0.39 is 11.8 Å². The van der Waals surface area contributed by atoms with E-state index in [-0.39, 0.29) is 0 Å². The Labute approximate surface area is 103 Å². The first-order valence-electron chi connectivity index (χ1n) is 4.71. The van der Waals surface area contributed by atoms with Crippen LogP contribution in [0, 0.1) is 0 Å². The van der Waals surface area contributed by atoms with Gasteiger partial charge in [0.15, 0.2) is 5.13 Å². The number of thiazole rings is 1. The fraction of sp³-hybridized carbons (Fsp3) is 0.200. The summed E-state index contributed by atoms with van der Waals surface area (Å²) < 4.78 is 0. The van der Waals surface area contributed by atoms with Crippen molar-refractivity contribution in [2.45, 2.75) is 0 Å². The summed E-state index contributed by atoms with van der Waals surface area (Å²) in [7, 11) is 3.49. The number of nitrogens with zero attached hydrogens (tertiary/aromatic N) is 3. The van der Waals surface area contributed by atoms with Crippen LogP contribution in [-0.2, 0) is 9.59 Å². The summed E-state index contributed by atoms with van der Waals surface area (Å²) in [6, 6.07) is 0. The first kappa shape index (κ1) is 13.0. The molecule has 0 unspecified atom stereocenters. The number of rotatable bonds is 4. The van der Waals surface area contributed by atoms with Crippen LogP contribution in [0.5, 0.6) is 0 Å². The standard InChI is InChI=1S/C10H12N4O2S/c1-14(2)7-12-8(15)3-4-9(16)13-10-11-5-6-17-10/h3-7H,1-2H3,(H,11,13,16)/b4-3+,12-7?. The second kappa shape index (κ2) is 6.54. The molecular formula is C10H12N4O2S. The van der Waals surface area contributed by atoms with Gasteiger partial charge in [0, 0.05) is 37.8 Å². The molecule has 90 valence electrons. The molecule has 0 radical (unpaired) electrons. The van der Waals surface area contributed by atoms with Gasteiger partial charge in [0.2, 0.25) is 5.91 Å². The number of anilines is 1. The van der Waals surface area contributed by atoms with E-state index in [0.29, 0.717) is 5.13 Å². The molecule has 1 rings (SSSR count). The summed E-state index contributed by atoms with van der Waals surface area (Å²) in [5.41, 5.74) is 0. The molecule has 0 aromatic carbocycles. The number of hydrogen-bond acceptors (Lipinski definition) is 4. The van der Waals surface area contributed by atoms with Gasteiger partial charge >= 0.3 is 0 Å². The number of hydrogen-bond donors (Lipinski definition) is 1. The van der Waals surface area contributed by atoms with Crippen molar-refractivity contribution in [3.63, 3.8) is 0 Å². The van der Waals surface area contributed by atoms with Gasteiger partial charge in [-0.1, -0.05) is 0 Å². The van der Waals surface area contributed by atoms with Crippen molar-refractivity contribution in [1.82, 2.24) is 9.88 Å². The lowest BCUT2D eigenvalue weighted by molar-refractivity contribution is -0.114. The van der Waals surface area contributed by atoms with E-state index in [1.165, 1.54) is 17.7 Å². The van der Waals surface area contributed by atoms with Gasteiger partial charge in [-0.25, -0.2) is 9.98 Å². The van der Waals surface area contributed by atoms with Crippen molar-refractivity contribution in [2.24, 2.45) is 4.99 Å². The van der Waals surface area contributed by atoms with Gasteiger partial charge in [0.1, 0.15) is 0 Å². The average molecular weight is 252 g/mol. The van der Waals surface area contributed by atoms with Crippen LogP contribution in [0.1, 0.15) is 0 Å². The van der Waals surface area contributed by atoms with Crippen molar-refractivity contribution >= 4 is 34.6 Å². The summed E-state index contributed by atoms with van der Waals surface area (Å²) in [5.74, 6) is -0.902. The Morgan fingerprint density at radius 2 is 2.24 bits per heavy atom. The first-order valence-corrected chi connectivity index (χ1v) is 5.59. The molecule has 7 heteroatoms. The van der Waals surface area contributed by atoms with Crippen LogP contribution in [0.2, 0.25) is 0 Å². The van der Waals surface area contributed by atoms with E-state index in [9.17, 15) is 9.59 Å². The Hall–Kier alpha value is -2.02. The maximum atomic E-state index is 11.3. The summed E-state index contributed by atoms with van der Waals surface area (Å²) in [6.07, 6.45) is 5.17. The second-order valence-corrected chi connectivity index (χ2v) is 4.10. The molecule has 17 heavy (non-hydrogen) atoms. The average Bonchev–Trinajstić information content (AvgIpc) is 2.76. The van der Waals surface area contributed by atoms with E-state index in [2.05, 4.69) is 15.3 Å². The summed E-state index contributed by atoms with van der Waals surface area (Å²) in [5, 5.41) is 4.74. The molecule has 0 aliphatic heterocycles. The maximum absolute atomic E-state index is 11.3. The maximum Gasteiger partial charge on any atom is 0.271 e. The number of aromatic nitrogens is 1. The van der Waals surface area contributed by atoms with Gasteiger partial charge in [0.25, 0.3) is 5.91 Å². The zero-order valence-corrected chi connectivity index (χ0v) is 10.3. The third kappa shape index (κ3) is 5.57. The smallest absolute Gasteiger partial charge is 0.271 e. The quantitative estimate of drug-likeness (QED) is 0.487. The van der Waals surface area contributed by atoms with Gasteiger partial charge in [-0.05, 0) is 0 Å². The van der Waals surface area contributed by atoms with Crippen LogP contribution in [0.15, 0.2) is 28.7 Å². The van der Waals surface area contributed by atoms with E-state index in [1.54, 1.807) is 30.6 Å². The topological polar surface area (TPSA) is 74.7 Å². The van der Waals surface area contributed by atoms with Crippen molar-refractivity contribution in [1.29, 1.82) is 0 Å². The Balaban J connectivity index is 2.43. The molecule has 0 aliphatic carbocycles. The number of carbonyl (C=O) groups excluding carboxylic acids is 2. The molecule has 0 spiro atoms. The summed E-state index contributed by atoms with van der Waals surface area (Å²) in [6.45, 7) is 0. The fourth-order valence-electron chi connectivity index (χ4n) is 0.795. The van der Waals surface area contributed by atoms with Crippen LogP contribution in [0.3, 0.4) is 0 Å². The minimum absolute atomic E-state index is 0.409. The molecule has 0 bridgehead atoms. The predicted octanol–water partition coefficient (Wildman–Crippen LogP) is 0.754. The highest BCUT2D eigenvalue weighted by atomic mass is 32.1. The van der Waals surface area contributed by atoms with Gasteiger partial charge < -0.3 is 4.90 Å². The molecule has 0 aliphatic rings. The molecule has 0 atom stereocenters. The van der Waals surface area contributed by atoms with Crippen LogP contribution >= 0.6 is 11.3 Å². The Morgan fingerprint density at radius 3 is 2.82 bits per heavy atom. The van der Waals surface area contributed by atoms with E-state index in [0.717, 1.165) is 12.2 Å². The van der Waals surface area contributed by atoms with Crippen molar-refractivity contribution in [2.75, 3.05) is 19.4 Å². The summed E-state index contributed by atoms with van der Waals surface area (Å²) in [4.78, 5) is 31.5. The lowest BCUT2D eigenvalue weighted by Gasteiger charge is -1.99. The van der Waals surface area contributed by atoms with E-state index in [4.69, 9.17) is 0 Å². The molecule has 0 fully saturated rings. The SMILES string of the molecule is CN(C)C=NC(=O)/C=C/C(=O)Nc1nccs1. The Morgan fingerprint density at radius 1 is 1.47 bits per heavy atom. The summed E-state index contributed by atoms with van der Waals surface area (Å²) >= 11 is 1.30. The number of nitrogens with one attached hydrogen (secondary N) is 1. The Bertz CT molecular complexity index is 437. The third-order valence-electron chi connectivity index (χ3n) is 1.46. The minimum atomic E-state index is -0.493. The van der Waals surface area contributed by atoms with Crippen LogP contribution in [0.4, 0.5) is 5.13 Å². The normalized spacial score (nSPS) is 10.9. The highest BCUT2D eigenvalue weighted by Gasteiger charge is 2.00. The van der Waals surface area contributed by atoms with Crippen LogP contribution < -0.4 is 5.32 Å². The first-order chi connectivity index (χ1) is 8.08. The van der Waals surface area contributed by atoms with Gasteiger partial charge in [-0.3, -0.25) is 14.9 Å². The van der Waals surface area contributed by atoms with Gasteiger partial charge in [-0.2, -0.15) is 0 Å². The number of amides is 2. The van der Waals surface area contributed by atoms with Crippen molar-refractivity contribution in [3.05, 3.63) is 23.7 Å². The van der Waals surface area contributed by atoms with Crippen LogP contribution in [0.25, 0.3) is 0 Å². The number of carbonyl (C=O) groups is 2. The molecule has 1 aromatic heterocycles. The highest BCUT2D eigenvalue weighted by molar-refractivity contribution is 7.13. The van der Waals surface area contributed by atoms with Gasteiger partial charge in [-0.15, -0.1) is 11.3 Å². The zero-order valence-electron chi connectivity index (χ0n) is 9.45. The molecule has 0 saturated carbocycles. The lowest BCUT2D eigenvalue weighted by atomic mass is 10.4. The molecule has 1 N–H and O–H groups in total. The molecule has 1 heterocycles. The number of aliphatic imine (C=N–C) groups is 1. The van der Waals surface area contributed by atoms with E-state index in [1.807, 2.05) is 0 Å². The highest BCUT2D eigenvalue weighted by Crippen LogP contribution is 2.09. The lowest BCUT2D eigenvalue weighted by Crippen LogP contribution is -2.10. The van der Waals surface area contributed by atoms with Gasteiger partial charge in [0.05, 0.1) is 6.34 Å². The third-order valence-corrected chi connectivity index (χ3v) is 2.14. The van der Waals surface area contributed by atoms with Crippen molar-refractivity contribution < 1.29 is 9.59 Å². The zero-order chi connectivity index (χ0) is 12.7. The molecular weight excluding hydrogens is 240 g/mol. The Kier molecular flexibility index (Phi) is 5.02. The molecule has 6 nitrogen and oxygen atoms in total. The monoisotopic (exact) mass is 252 g/mol. The molecule has 0 saturated heterocycles. The van der Waals surface area contributed by atoms with Crippen LogP contribution in [-0.4, -0.2) is 42.1 Å². The predicted molar refractivity (Wildman–Crippen MR) is 67.1 cm³/mol. The second-order valence-electron chi connectivity index (χ2n) is 3.21. The van der Waals surface area contributed by atoms with Crippen molar-refractivity contribution in [3.8, 4) is 0 Å². The van der Waals surface area contributed by atoms with E-state index >= 15 is 0 Å². The fourth-order valence-corrected chi connectivity index (χ4v) is 1.33.